The van der Waals surface area contributed by atoms with Gasteiger partial charge in [-0.05, 0) is 45.3 Å². The van der Waals surface area contributed by atoms with Gasteiger partial charge in [-0.2, -0.15) is 0 Å². The maximum Gasteiger partial charge on any atom is 0.0706 e. The van der Waals surface area contributed by atoms with Crippen LogP contribution in [0.15, 0.2) is 0 Å². The lowest BCUT2D eigenvalue weighted by atomic mass is 9.98. The van der Waals surface area contributed by atoms with E-state index in [0.29, 0.717) is 6.04 Å². The SMILES string of the molecule is C#CC(CC)N(C)CC1CCCNC1. The maximum absolute atomic E-state index is 5.48. The van der Waals surface area contributed by atoms with Crippen molar-refractivity contribution in [3.05, 3.63) is 0 Å². The monoisotopic (exact) mass is 194 g/mol. The first kappa shape index (κ1) is 11.6. The van der Waals surface area contributed by atoms with E-state index in [2.05, 4.69) is 30.1 Å². The first-order valence-corrected chi connectivity index (χ1v) is 5.65. The molecule has 1 fully saturated rings. The minimum Gasteiger partial charge on any atom is -0.316 e. The number of nitrogens with one attached hydrogen (secondary N) is 1. The third kappa shape index (κ3) is 3.32. The Morgan fingerprint density at radius 1 is 1.64 bits per heavy atom. The van der Waals surface area contributed by atoms with E-state index in [-0.39, 0.29) is 0 Å². The Labute approximate surface area is 88.1 Å². The summed E-state index contributed by atoms with van der Waals surface area (Å²) in [6.07, 6.45) is 9.19. The summed E-state index contributed by atoms with van der Waals surface area (Å²) in [5.41, 5.74) is 0. The third-order valence-corrected chi connectivity index (χ3v) is 3.06. The molecule has 1 N–H and O–H groups in total. The molecule has 0 radical (unpaired) electrons. The van der Waals surface area contributed by atoms with Crippen LogP contribution in [0.1, 0.15) is 26.2 Å². The van der Waals surface area contributed by atoms with Crippen molar-refractivity contribution in [1.82, 2.24) is 10.2 Å². The second-order valence-corrected chi connectivity index (χ2v) is 4.24. The Morgan fingerprint density at radius 2 is 2.43 bits per heavy atom. The van der Waals surface area contributed by atoms with Gasteiger partial charge >= 0.3 is 0 Å². The Kier molecular flexibility index (Phi) is 5.00. The molecule has 2 heteroatoms. The van der Waals surface area contributed by atoms with Crippen molar-refractivity contribution >= 4 is 0 Å². The largest absolute Gasteiger partial charge is 0.316 e. The van der Waals surface area contributed by atoms with Gasteiger partial charge in [0.25, 0.3) is 0 Å². The summed E-state index contributed by atoms with van der Waals surface area (Å²) in [4.78, 5) is 2.32. The molecule has 2 unspecified atom stereocenters. The Hall–Kier alpha value is -0.520. The normalized spacial score (nSPS) is 24.6. The molecule has 1 rings (SSSR count). The van der Waals surface area contributed by atoms with Crippen LogP contribution in [-0.4, -0.2) is 37.6 Å². The van der Waals surface area contributed by atoms with Crippen molar-refractivity contribution in [3.8, 4) is 12.3 Å². The molecule has 1 saturated heterocycles. The fraction of sp³-hybridized carbons (Fsp3) is 0.833. The van der Waals surface area contributed by atoms with Gasteiger partial charge < -0.3 is 5.32 Å². The molecule has 0 saturated carbocycles. The predicted molar refractivity (Wildman–Crippen MR) is 61.1 cm³/mol. The minimum atomic E-state index is 0.317. The van der Waals surface area contributed by atoms with E-state index in [9.17, 15) is 0 Å². The van der Waals surface area contributed by atoms with Crippen LogP contribution in [0.2, 0.25) is 0 Å². The van der Waals surface area contributed by atoms with Crippen LogP contribution in [0.5, 0.6) is 0 Å². The molecule has 0 aromatic carbocycles. The van der Waals surface area contributed by atoms with Gasteiger partial charge in [-0.15, -0.1) is 6.42 Å². The van der Waals surface area contributed by atoms with Crippen LogP contribution in [0.4, 0.5) is 0 Å². The summed E-state index contributed by atoms with van der Waals surface area (Å²) in [5, 5.41) is 3.44. The number of rotatable bonds is 4. The van der Waals surface area contributed by atoms with E-state index in [1.54, 1.807) is 0 Å². The van der Waals surface area contributed by atoms with Crippen LogP contribution in [0, 0.1) is 18.3 Å². The van der Waals surface area contributed by atoms with Crippen LogP contribution >= 0.6 is 0 Å². The summed E-state index contributed by atoms with van der Waals surface area (Å²) >= 11 is 0. The average molecular weight is 194 g/mol. The molecule has 0 bridgehead atoms. The number of hydrogen-bond donors (Lipinski definition) is 1. The van der Waals surface area contributed by atoms with E-state index in [0.717, 1.165) is 25.4 Å². The topological polar surface area (TPSA) is 15.3 Å². The van der Waals surface area contributed by atoms with Crippen LogP contribution in [-0.2, 0) is 0 Å². The van der Waals surface area contributed by atoms with E-state index in [1.165, 1.54) is 19.4 Å². The number of hydrogen-bond acceptors (Lipinski definition) is 2. The van der Waals surface area contributed by atoms with Gasteiger partial charge in [-0.25, -0.2) is 0 Å². The quantitative estimate of drug-likeness (QED) is 0.679. The zero-order chi connectivity index (χ0) is 10.4. The lowest BCUT2D eigenvalue weighted by molar-refractivity contribution is 0.214. The number of nitrogens with zero attached hydrogens (tertiary/aromatic N) is 1. The second-order valence-electron chi connectivity index (χ2n) is 4.24. The molecular weight excluding hydrogens is 172 g/mol. The van der Waals surface area contributed by atoms with E-state index in [4.69, 9.17) is 6.42 Å². The highest BCUT2D eigenvalue weighted by Crippen LogP contribution is 2.13. The Morgan fingerprint density at radius 3 is 2.93 bits per heavy atom. The predicted octanol–water partition coefficient (Wildman–Crippen LogP) is 1.33. The van der Waals surface area contributed by atoms with Crippen LogP contribution < -0.4 is 5.32 Å². The van der Waals surface area contributed by atoms with Gasteiger partial charge in [0.15, 0.2) is 0 Å². The molecule has 0 aromatic heterocycles. The molecule has 0 aliphatic carbocycles. The lowest BCUT2D eigenvalue weighted by Crippen LogP contribution is -2.40. The van der Waals surface area contributed by atoms with E-state index in [1.807, 2.05) is 0 Å². The van der Waals surface area contributed by atoms with Crippen molar-refractivity contribution in [1.29, 1.82) is 0 Å². The molecule has 1 aliphatic rings. The van der Waals surface area contributed by atoms with Crippen molar-refractivity contribution in [3.63, 3.8) is 0 Å². The van der Waals surface area contributed by atoms with Crippen LogP contribution in [0.3, 0.4) is 0 Å². The highest BCUT2D eigenvalue weighted by Gasteiger charge is 2.17. The van der Waals surface area contributed by atoms with Crippen molar-refractivity contribution < 1.29 is 0 Å². The summed E-state index contributed by atoms with van der Waals surface area (Å²) in [6.45, 7) is 5.63. The molecule has 80 valence electrons. The van der Waals surface area contributed by atoms with E-state index < -0.39 is 0 Å². The maximum atomic E-state index is 5.48. The van der Waals surface area contributed by atoms with E-state index >= 15 is 0 Å². The highest BCUT2D eigenvalue weighted by molar-refractivity contribution is 4.98. The molecular formula is C12H22N2. The zero-order valence-corrected chi connectivity index (χ0v) is 9.42. The van der Waals surface area contributed by atoms with Gasteiger partial charge in [0, 0.05) is 6.54 Å². The first-order chi connectivity index (χ1) is 6.77. The molecule has 14 heavy (non-hydrogen) atoms. The summed E-state index contributed by atoms with van der Waals surface area (Å²) in [7, 11) is 2.14. The minimum absolute atomic E-state index is 0.317. The van der Waals surface area contributed by atoms with Gasteiger partial charge in [0.2, 0.25) is 0 Å². The standard InChI is InChI=1S/C12H22N2/c1-4-12(5-2)14(3)10-11-7-6-8-13-9-11/h1,11-13H,5-10H2,2-3H3. The zero-order valence-electron chi connectivity index (χ0n) is 9.42. The molecule has 0 spiro atoms. The first-order valence-electron chi connectivity index (χ1n) is 5.65. The van der Waals surface area contributed by atoms with Crippen molar-refractivity contribution in [2.45, 2.75) is 32.2 Å². The van der Waals surface area contributed by atoms with Gasteiger partial charge in [-0.1, -0.05) is 12.8 Å². The van der Waals surface area contributed by atoms with Gasteiger partial charge in [0.1, 0.15) is 0 Å². The Bertz CT molecular complexity index is 189. The molecule has 2 atom stereocenters. The summed E-state index contributed by atoms with van der Waals surface area (Å²) in [6, 6.07) is 0.317. The molecule has 2 nitrogen and oxygen atoms in total. The van der Waals surface area contributed by atoms with Crippen LogP contribution in [0.25, 0.3) is 0 Å². The van der Waals surface area contributed by atoms with Crippen molar-refractivity contribution in [2.75, 3.05) is 26.7 Å². The third-order valence-electron chi connectivity index (χ3n) is 3.06. The fourth-order valence-electron chi connectivity index (χ4n) is 2.17. The fourth-order valence-corrected chi connectivity index (χ4v) is 2.17. The molecule has 1 aliphatic heterocycles. The molecule has 0 aromatic rings. The van der Waals surface area contributed by atoms with Gasteiger partial charge in [0.05, 0.1) is 6.04 Å². The number of piperidine rings is 1. The van der Waals surface area contributed by atoms with Gasteiger partial charge in [-0.3, -0.25) is 4.90 Å². The Balaban J connectivity index is 2.31. The highest BCUT2D eigenvalue weighted by atomic mass is 15.1. The average Bonchev–Trinajstić information content (AvgIpc) is 2.21. The summed E-state index contributed by atoms with van der Waals surface area (Å²) in [5.74, 6) is 3.63. The number of terminal acetylenes is 1. The lowest BCUT2D eigenvalue weighted by Gasteiger charge is -2.30. The second kappa shape index (κ2) is 6.06. The molecule has 1 heterocycles. The summed E-state index contributed by atoms with van der Waals surface area (Å²) < 4.78 is 0. The molecule has 0 amide bonds. The van der Waals surface area contributed by atoms with Crippen molar-refractivity contribution in [2.24, 2.45) is 5.92 Å². The smallest absolute Gasteiger partial charge is 0.0706 e.